The Kier molecular flexibility index (Phi) is 3.65. The Balaban J connectivity index is 1.53. The molecular weight excluding hydrogens is 324 g/mol. The molecule has 1 heterocycles. The van der Waals surface area contributed by atoms with Gasteiger partial charge < -0.3 is 14.6 Å². The second-order valence-corrected chi connectivity index (χ2v) is 10.9. The average Bonchev–Trinajstić information content (AvgIpc) is 3.19. The van der Waals surface area contributed by atoms with E-state index in [1.807, 2.05) is 0 Å². The van der Waals surface area contributed by atoms with E-state index >= 15 is 0 Å². The molecule has 0 radical (unpaired) electrons. The Hall–Kier alpha value is -0.380. The molecule has 1 spiro atoms. The van der Waals surface area contributed by atoms with Crippen LogP contribution >= 0.6 is 0 Å². The van der Waals surface area contributed by atoms with Crippen LogP contribution in [-0.2, 0) is 9.47 Å². The SMILES string of the molecule is CC1(C)C2=CC[C@H]3[C@@H]4CC[C@@H](O)[C@@]4(C)CC[C@@H]3[C@@]2(C)CCC12OCCO2. The summed E-state index contributed by atoms with van der Waals surface area (Å²) in [4.78, 5) is 0. The zero-order valence-electron chi connectivity index (χ0n) is 17.0. The summed E-state index contributed by atoms with van der Waals surface area (Å²) < 4.78 is 12.5. The predicted octanol–water partition coefficient (Wildman–Crippen LogP) is 4.69. The quantitative estimate of drug-likeness (QED) is 0.637. The van der Waals surface area contributed by atoms with E-state index in [1.54, 1.807) is 5.57 Å². The molecule has 0 unspecified atom stereocenters. The van der Waals surface area contributed by atoms with E-state index in [4.69, 9.17) is 9.47 Å². The maximum absolute atomic E-state index is 10.6. The minimum absolute atomic E-state index is 0.0581. The van der Waals surface area contributed by atoms with Crippen LogP contribution in [0.4, 0.5) is 0 Å². The molecule has 4 aliphatic carbocycles. The predicted molar refractivity (Wildman–Crippen MR) is 102 cm³/mol. The molecule has 3 nitrogen and oxygen atoms in total. The van der Waals surface area contributed by atoms with Crippen molar-refractivity contribution in [2.45, 2.75) is 84.5 Å². The third kappa shape index (κ3) is 1.96. The van der Waals surface area contributed by atoms with Crippen molar-refractivity contribution in [3.63, 3.8) is 0 Å². The molecule has 0 aromatic carbocycles. The maximum atomic E-state index is 10.6. The van der Waals surface area contributed by atoms with Gasteiger partial charge in [0.15, 0.2) is 5.79 Å². The molecular formula is C23H36O3. The van der Waals surface area contributed by atoms with Gasteiger partial charge in [0.2, 0.25) is 0 Å². The number of aliphatic hydroxyl groups excluding tert-OH is 1. The first-order valence-corrected chi connectivity index (χ1v) is 10.9. The lowest BCUT2D eigenvalue weighted by Gasteiger charge is -2.62. The van der Waals surface area contributed by atoms with E-state index in [9.17, 15) is 5.11 Å². The number of fused-ring (bicyclic) bond motifs is 5. The van der Waals surface area contributed by atoms with Crippen LogP contribution in [0.3, 0.4) is 0 Å². The lowest BCUT2D eigenvalue weighted by atomic mass is 9.44. The fourth-order valence-electron chi connectivity index (χ4n) is 8.26. The molecule has 0 amide bonds. The fourth-order valence-corrected chi connectivity index (χ4v) is 8.26. The molecule has 3 heteroatoms. The lowest BCUT2D eigenvalue weighted by molar-refractivity contribution is -0.246. The van der Waals surface area contributed by atoms with Crippen molar-refractivity contribution in [3.05, 3.63) is 11.6 Å². The topological polar surface area (TPSA) is 38.7 Å². The second-order valence-electron chi connectivity index (χ2n) is 10.9. The van der Waals surface area contributed by atoms with Crippen LogP contribution in [0.15, 0.2) is 11.6 Å². The minimum Gasteiger partial charge on any atom is -0.393 e. The molecule has 1 N–H and O–H groups in total. The number of allylic oxidation sites excluding steroid dienone is 1. The molecule has 5 rings (SSSR count). The normalized spacial score (nSPS) is 51.5. The number of hydrogen-bond acceptors (Lipinski definition) is 3. The van der Waals surface area contributed by atoms with Gasteiger partial charge in [0.25, 0.3) is 0 Å². The monoisotopic (exact) mass is 360 g/mol. The first-order valence-electron chi connectivity index (χ1n) is 10.9. The third-order valence-electron chi connectivity index (χ3n) is 9.77. The van der Waals surface area contributed by atoms with Gasteiger partial charge in [-0.3, -0.25) is 0 Å². The molecule has 0 aromatic rings. The summed E-state index contributed by atoms with van der Waals surface area (Å²) in [6.07, 6.45) is 10.6. The summed E-state index contributed by atoms with van der Waals surface area (Å²) in [5.41, 5.74) is 1.96. The van der Waals surface area contributed by atoms with Crippen molar-refractivity contribution in [2.24, 2.45) is 34.0 Å². The van der Waals surface area contributed by atoms with Gasteiger partial charge >= 0.3 is 0 Å². The van der Waals surface area contributed by atoms with Gasteiger partial charge in [-0.05, 0) is 67.1 Å². The number of rotatable bonds is 0. The summed E-state index contributed by atoms with van der Waals surface area (Å²) >= 11 is 0. The molecule has 3 saturated carbocycles. The summed E-state index contributed by atoms with van der Waals surface area (Å²) in [7, 11) is 0. The molecule has 5 aliphatic rings. The van der Waals surface area contributed by atoms with Crippen molar-refractivity contribution in [1.82, 2.24) is 0 Å². The van der Waals surface area contributed by atoms with Crippen molar-refractivity contribution in [1.29, 1.82) is 0 Å². The number of ether oxygens (including phenoxy) is 2. The van der Waals surface area contributed by atoms with Gasteiger partial charge in [0.1, 0.15) is 0 Å². The van der Waals surface area contributed by atoms with Gasteiger partial charge in [-0.2, -0.15) is 0 Å². The Morgan fingerprint density at radius 1 is 0.923 bits per heavy atom. The van der Waals surface area contributed by atoms with Crippen LogP contribution in [0.5, 0.6) is 0 Å². The van der Waals surface area contributed by atoms with E-state index < -0.39 is 5.79 Å². The van der Waals surface area contributed by atoms with E-state index in [0.29, 0.717) is 5.92 Å². The minimum atomic E-state index is -0.405. The van der Waals surface area contributed by atoms with Crippen LogP contribution in [-0.4, -0.2) is 30.2 Å². The van der Waals surface area contributed by atoms with E-state index in [2.05, 4.69) is 33.8 Å². The first kappa shape index (κ1) is 17.7. The molecule has 6 atom stereocenters. The van der Waals surface area contributed by atoms with Crippen LogP contribution in [0.25, 0.3) is 0 Å². The second kappa shape index (κ2) is 5.36. The Bertz CT molecular complexity index is 631. The summed E-state index contributed by atoms with van der Waals surface area (Å²) in [5.74, 6) is 1.79. The van der Waals surface area contributed by atoms with Crippen molar-refractivity contribution < 1.29 is 14.6 Å². The average molecular weight is 361 g/mol. The molecule has 1 saturated heterocycles. The van der Waals surface area contributed by atoms with Crippen LogP contribution in [0.1, 0.15) is 72.6 Å². The van der Waals surface area contributed by atoms with Gasteiger partial charge in [0.05, 0.1) is 19.3 Å². The number of hydrogen-bond donors (Lipinski definition) is 1. The summed E-state index contributed by atoms with van der Waals surface area (Å²) in [5, 5.41) is 10.6. The highest BCUT2D eigenvalue weighted by molar-refractivity contribution is 5.33. The Labute approximate surface area is 158 Å². The summed E-state index contributed by atoms with van der Waals surface area (Å²) in [6.45, 7) is 11.1. The van der Waals surface area contributed by atoms with Gasteiger partial charge in [0, 0.05) is 11.8 Å². The van der Waals surface area contributed by atoms with Crippen LogP contribution < -0.4 is 0 Å². The Morgan fingerprint density at radius 3 is 2.38 bits per heavy atom. The largest absolute Gasteiger partial charge is 0.393 e. The third-order valence-corrected chi connectivity index (χ3v) is 9.77. The van der Waals surface area contributed by atoms with Gasteiger partial charge in [-0.15, -0.1) is 0 Å². The molecule has 0 aromatic heterocycles. The zero-order chi connectivity index (χ0) is 18.4. The van der Waals surface area contributed by atoms with Crippen molar-refractivity contribution in [3.8, 4) is 0 Å². The lowest BCUT2D eigenvalue weighted by Crippen LogP contribution is -2.59. The van der Waals surface area contributed by atoms with E-state index in [0.717, 1.165) is 37.9 Å². The Morgan fingerprint density at radius 2 is 1.65 bits per heavy atom. The maximum Gasteiger partial charge on any atom is 0.177 e. The van der Waals surface area contributed by atoms with Gasteiger partial charge in [-0.25, -0.2) is 0 Å². The molecule has 1 aliphatic heterocycles. The van der Waals surface area contributed by atoms with E-state index in [1.165, 1.54) is 32.1 Å². The highest BCUT2D eigenvalue weighted by Crippen LogP contribution is 2.69. The zero-order valence-corrected chi connectivity index (χ0v) is 17.0. The van der Waals surface area contributed by atoms with Crippen LogP contribution in [0, 0.1) is 34.0 Å². The molecule has 0 bridgehead atoms. The fraction of sp³-hybridized carbons (Fsp3) is 0.913. The van der Waals surface area contributed by atoms with E-state index in [-0.39, 0.29) is 22.3 Å². The summed E-state index contributed by atoms with van der Waals surface area (Å²) in [6, 6.07) is 0. The highest BCUT2D eigenvalue weighted by atomic mass is 16.7. The van der Waals surface area contributed by atoms with Crippen molar-refractivity contribution in [2.75, 3.05) is 13.2 Å². The van der Waals surface area contributed by atoms with Crippen LogP contribution in [0.2, 0.25) is 0 Å². The molecule has 26 heavy (non-hydrogen) atoms. The molecule has 4 fully saturated rings. The standard InChI is InChI=1S/C23H36O3/c1-20(2)18-7-5-15-16-6-8-19(24)22(16,4)10-9-17(15)21(18,3)11-12-23(20)25-13-14-26-23/h7,15-17,19,24H,5-6,8-14H2,1-4H3/t15-,16-,17-,19+,21+,22-/m0/s1. The first-order chi connectivity index (χ1) is 12.2. The van der Waals surface area contributed by atoms with Gasteiger partial charge in [-0.1, -0.05) is 39.3 Å². The highest BCUT2D eigenvalue weighted by Gasteiger charge is 2.65. The molecule has 146 valence electrons. The smallest absolute Gasteiger partial charge is 0.177 e. The number of aliphatic hydroxyl groups is 1. The van der Waals surface area contributed by atoms with Crippen molar-refractivity contribution >= 4 is 0 Å².